The minimum absolute atomic E-state index is 0.0286. The summed E-state index contributed by atoms with van der Waals surface area (Å²) in [5, 5.41) is 18.4. The fourth-order valence-electron chi connectivity index (χ4n) is 2.14. The molecule has 1 aromatic heterocycles. The van der Waals surface area contributed by atoms with Crippen molar-refractivity contribution in [1.82, 2.24) is 9.78 Å². The molecule has 1 aromatic carbocycles. The van der Waals surface area contributed by atoms with Crippen molar-refractivity contribution in [2.45, 2.75) is 39.5 Å². The van der Waals surface area contributed by atoms with Gasteiger partial charge in [-0.05, 0) is 31.0 Å². The molecule has 0 aliphatic heterocycles. The van der Waals surface area contributed by atoms with Crippen molar-refractivity contribution in [1.29, 1.82) is 0 Å². The Kier molecular flexibility index (Phi) is 8.81. The van der Waals surface area contributed by atoms with Crippen molar-refractivity contribution in [3.63, 3.8) is 0 Å². The van der Waals surface area contributed by atoms with Crippen LogP contribution in [0.4, 0.5) is 11.4 Å². The molecule has 24 heavy (non-hydrogen) atoms. The molecule has 0 unspecified atom stereocenters. The lowest BCUT2D eigenvalue weighted by Crippen LogP contribution is -2.05. The first-order chi connectivity index (χ1) is 11.7. The lowest BCUT2D eigenvalue weighted by molar-refractivity contribution is -0.383. The molecular formula is C17H24N4O3. The molecule has 130 valence electrons. The highest BCUT2D eigenvalue weighted by molar-refractivity contribution is 5.65. The number of carbonyl (C=O) groups excluding carboxylic acids is 1. The van der Waals surface area contributed by atoms with Crippen LogP contribution >= 0.6 is 0 Å². The summed E-state index contributed by atoms with van der Waals surface area (Å²) in [6.45, 7) is 4.64. The molecule has 7 nitrogen and oxygen atoms in total. The predicted octanol–water partition coefficient (Wildman–Crippen LogP) is 3.98. The zero-order chi connectivity index (χ0) is 17.8. The number of nitrogens with zero attached hydrogens (tertiary/aromatic N) is 3. The van der Waals surface area contributed by atoms with Crippen LogP contribution in [0.2, 0.25) is 0 Å². The third-order valence-corrected chi connectivity index (χ3v) is 3.26. The number of anilines is 1. The Morgan fingerprint density at radius 3 is 2.71 bits per heavy atom. The molecule has 1 heterocycles. The fraction of sp³-hybridized carbons (Fsp3) is 0.412. The van der Waals surface area contributed by atoms with E-state index in [1.165, 1.54) is 6.07 Å². The van der Waals surface area contributed by atoms with Crippen LogP contribution in [0, 0.1) is 10.1 Å². The molecule has 0 fully saturated rings. The molecule has 0 radical (unpaired) electrons. The lowest BCUT2D eigenvalue weighted by atomic mass is 10.2. The molecule has 0 amide bonds. The Balaban J connectivity index is 0.00000139. The third-order valence-electron chi connectivity index (χ3n) is 3.26. The highest BCUT2D eigenvalue weighted by Crippen LogP contribution is 2.27. The Morgan fingerprint density at radius 2 is 2.08 bits per heavy atom. The predicted molar refractivity (Wildman–Crippen MR) is 94.6 cm³/mol. The summed E-state index contributed by atoms with van der Waals surface area (Å²) in [5.74, 6) is 0. The van der Waals surface area contributed by atoms with Crippen molar-refractivity contribution in [3.8, 4) is 5.69 Å². The zero-order valence-corrected chi connectivity index (χ0v) is 14.1. The third kappa shape index (κ3) is 5.83. The van der Waals surface area contributed by atoms with Crippen molar-refractivity contribution in [2.75, 3.05) is 11.9 Å². The van der Waals surface area contributed by atoms with Gasteiger partial charge in [0.25, 0.3) is 5.69 Å². The first-order valence-corrected chi connectivity index (χ1v) is 8.18. The number of nitro benzene ring substituents is 1. The van der Waals surface area contributed by atoms with E-state index >= 15 is 0 Å². The molecule has 0 saturated heterocycles. The second kappa shape index (κ2) is 10.9. The van der Waals surface area contributed by atoms with Gasteiger partial charge in [-0.25, -0.2) is 4.68 Å². The second-order valence-electron chi connectivity index (χ2n) is 4.85. The van der Waals surface area contributed by atoms with Crippen LogP contribution in [-0.4, -0.2) is 27.5 Å². The number of nitrogens with one attached hydrogen (secondary N) is 1. The molecule has 0 aliphatic rings. The summed E-state index contributed by atoms with van der Waals surface area (Å²) < 4.78 is 1.58. The van der Waals surface area contributed by atoms with Crippen molar-refractivity contribution >= 4 is 17.7 Å². The summed E-state index contributed by atoms with van der Waals surface area (Å²) in [5.41, 5.74) is 1.17. The molecule has 0 aliphatic carbocycles. The van der Waals surface area contributed by atoms with Gasteiger partial charge in [0.05, 0.1) is 10.6 Å². The first-order valence-electron chi connectivity index (χ1n) is 8.18. The molecule has 7 heteroatoms. The maximum atomic E-state index is 11.2. The van der Waals surface area contributed by atoms with Crippen molar-refractivity contribution in [2.24, 2.45) is 0 Å². The summed E-state index contributed by atoms with van der Waals surface area (Å²) in [4.78, 5) is 21.0. The fourth-order valence-corrected chi connectivity index (χ4v) is 2.14. The first kappa shape index (κ1) is 19.3. The van der Waals surface area contributed by atoms with Gasteiger partial charge in [0, 0.05) is 31.4 Å². The Labute approximate surface area is 141 Å². The summed E-state index contributed by atoms with van der Waals surface area (Å²) in [7, 11) is 0. The molecule has 0 bridgehead atoms. The van der Waals surface area contributed by atoms with E-state index in [0.29, 0.717) is 24.3 Å². The van der Waals surface area contributed by atoms with E-state index in [1.807, 2.05) is 13.8 Å². The molecule has 1 N–H and O–H groups in total. The van der Waals surface area contributed by atoms with Crippen LogP contribution in [0.1, 0.15) is 39.5 Å². The number of rotatable bonds is 9. The normalized spacial score (nSPS) is 9.75. The number of hydrogen-bond acceptors (Lipinski definition) is 5. The number of aldehydes is 1. The summed E-state index contributed by atoms with van der Waals surface area (Å²) in [6, 6.07) is 6.74. The molecule has 0 saturated carbocycles. The van der Waals surface area contributed by atoms with Gasteiger partial charge < -0.3 is 10.1 Å². The molecule has 2 aromatic rings. The van der Waals surface area contributed by atoms with E-state index in [1.54, 1.807) is 35.3 Å². The Bertz CT molecular complexity index is 627. The second-order valence-corrected chi connectivity index (χ2v) is 4.85. The van der Waals surface area contributed by atoms with Crippen molar-refractivity contribution in [3.05, 3.63) is 46.8 Å². The number of hydrogen-bond donors (Lipinski definition) is 1. The van der Waals surface area contributed by atoms with E-state index in [2.05, 4.69) is 10.4 Å². The van der Waals surface area contributed by atoms with Crippen LogP contribution in [0.15, 0.2) is 36.7 Å². The quantitative estimate of drug-likeness (QED) is 0.325. The Hall–Kier alpha value is -2.70. The van der Waals surface area contributed by atoms with E-state index in [4.69, 9.17) is 0 Å². The minimum atomic E-state index is -0.401. The van der Waals surface area contributed by atoms with Crippen LogP contribution in [-0.2, 0) is 4.79 Å². The topological polar surface area (TPSA) is 90.1 Å². The van der Waals surface area contributed by atoms with Crippen LogP contribution in [0.3, 0.4) is 0 Å². The standard InChI is InChI=1S/C15H18N4O3.C2H6/c20-11-4-2-1-3-8-16-14-7-6-13(12-15(14)19(21)22)18-10-5-9-17-18;1-2/h5-7,9-12,16H,1-4,8H2;1-2H3. The van der Waals surface area contributed by atoms with E-state index in [-0.39, 0.29) is 5.69 Å². The minimum Gasteiger partial charge on any atom is -0.379 e. The molecular weight excluding hydrogens is 308 g/mol. The van der Waals surface area contributed by atoms with Crippen LogP contribution in [0.25, 0.3) is 5.69 Å². The maximum absolute atomic E-state index is 11.2. The summed E-state index contributed by atoms with van der Waals surface area (Å²) >= 11 is 0. The number of unbranched alkanes of at least 4 members (excludes halogenated alkanes) is 3. The lowest BCUT2D eigenvalue weighted by Gasteiger charge is -2.08. The van der Waals surface area contributed by atoms with Gasteiger partial charge in [0.1, 0.15) is 12.0 Å². The van der Waals surface area contributed by atoms with Gasteiger partial charge in [-0.15, -0.1) is 0 Å². The van der Waals surface area contributed by atoms with Crippen LogP contribution in [0.5, 0.6) is 0 Å². The SMILES string of the molecule is CC.O=CCCCCCNc1ccc(-n2cccn2)cc1[N+](=O)[O-]. The van der Waals surface area contributed by atoms with E-state index < -0.39 is 4.92 Å². The van der Waals surface area contributed by atoms with Gasteiger partial charge in [-0.1, -0.05) is 20.3 Å². The maximum Gasteiger partial charge on any atom is 0.294 e. The number of carbonyl (C=O) groups is 1. The number of nitro groups is 1. The largest absolute Gasteiger partial charge is 0.379 e. The van der Waals surface area contributed by atoms with E-state index in [9.17, 15) is 14.9 Å². The van der Waals surface area contributed by atoms with Gasteiger partial charge in [0.15, 0.2) is 0 Å². The van der Waals surface area contributed by atoms with Gasteiger partial charge in [-0.3, -0.25) is 10.1 Å². The summed E-state index contributed by atoms with van der Waals surface area (Å²) in [6.07, 6.45) is 7.48. The van der Waals surface area contributed by atoms with Crippen LogP contribution < -0.4 is 5.32 Å². The van der Waals surface area contributed by atoms with Gasteiger partial charge in [0.2, 0.25) is 0 Å². The van der Waals surface area contributed by atoms with Crippen molar-refractivity contribution < 1.29 is 9.72 Å². The molecule has 2 rings (SSSR count). The van der Waals surface area contributed by atoms with E-state index in [0.717, 1.165) is 25.5 Å². The smallest absolute Gasteiger partial charge is 0.294 e. The molecule has 0 spiro atoms. The highest BCUT2D eigenvalue weighted by Gasteiger charge is 2.15. The van der Waals surface area contributed by atoms with Gasteiger partial charge in [-0.2, -0.15) is 5.10 Å². The number of aromatic nitrogens is 2. The Morgan fingerprint density at radius 1 is 1.29 bits per heavy atom. The average Bonchev–Trinajstić information content (AvgIpc) is 3.14. The zero-order valence-electron chi connectivity index (χ0n) is 14.1. The average molecular weight is 332 g/mol. The monoisotopic (exact) mass is 332 g/mol. The number of benzene rings is 1. The highest BCUT2D eigenvalue weighted by atomic mass is 16.6. The molecule has 0 atom stereocenters. The van der Waals surface area contributed by atoms with Gasteiger partial charge >= 0.3 is 0 Å².